The van der Waals surface area contributed by atoms with Crippen LogP contribution in [0.1, 0.15) is 6.92 Å². The molecule has 10 heavy (non-hydrogen) atoms. The predicted octanol–water partition coefficient (Wildman–Crippen LogP) is 2.70. The van der Waals surface area contributed by atoms with Gasteiger partial charge < -0.3 is 0 Å². The van der Waals surface area contributed by atoms with Gasteiger partial charge in [0.2, 0.25) is 0 Å². The third kappa shape index (κ3) is 1.60. The van der Waals surface area contributed by atoms with E-state index in [1.54, 1.807) is 12.2 Å². The molecule has 0 aromatic carbocycles. The molecule has 56 valence electrons. The Hall–Kier alpha value is -0.300. The molecule has 0 heterocycles. The summed E-state index contributed by atoms with van der Waals surface area (Å²) in [4.78, 5) is 0. The Morgan fingerprint density at radius 2 is 2.40 bits per heavy atom. The van der Waals surface area contributed by atoms with Crippen LogP contribution in [0.4, 0.5) is 4.39 Å². The van der Waals surface area contributed by atoms with Gasteiger partial charge in [-0.3, -0.25) is 0 Å². The van der Waals surface area contributed by atoms with Crippen LogP contribution in [0.3, 0.4) is 0 Å². The summed E-state index contributed by atoms with van der Waals surface area (Å²) in [5.41, 5.74) is 1.02. The highest BCUT2D eigenvalue weighted by molar-refractivity contribution is 6.19. The SMILES string of the molecule is CC1C=C(CCl)C=CC1F. The van der Waals surface area contributed by atoms with Crippen molar-refractivity contribution in [2.45, 2.75) is 13.1 Å². The molecular weight excluding hydrogens is 151 g/mol. The van der Waals surface area contributed by atoms with Crippen molar-refractivity contribution >= 4 is 11.6 Å². The van der Waals surface area contributed by atoms with E-state index in [2.05, 4.69) is 0 Å². The quantitative estimate of drug-likeness (QED) is 0.518. The van der Waals surface area contributed by atoms with E-state index in [0.29, 0.717) is 5.88 Å². The molecule has 0 aromatic heterocycles. The zero-order chi connectivity index (χ0) is 7.56. The maximum absolute atomic E-state index is 12.7. The number of allylic oxidation sites excluding steroid dienone is 4. The largest absolute Gasteiger partial charge is 0.242 e. The van der Waals surface area contributed by atoms with Crippen LogP contribution < -0.4 is 0 Å². The normalized spacial score (nSPS) is 32.1. The first kappa shape index (κ1) is 7.80. The number of alkyl halides is 2. The number of halogens is 2. The summed E-state index contributed by atoms with van der Waals surface area (Å²) in [6, 6.07) is 0. The molecule has 0 spiro atoms. The van der Waals surface area contributed by atoms with Gasteiger partial charge in [0, 0.05) is 11.8 Å². The summed E-state index contributed by atoms with van der Waals surface area (Å²) in [6.07, 6.45) is 4.35. The highest BCUT2D eigenvalue weighted by Gasteiger charge is 2.14. The van der Waals surface area contributed by atoms with Crippen molar-refractivity contribution in [3.63, 3.8) is 0 Å². The molecule has 0 fully saturated rings. The fraction of sp³-hybridized carbons (Fsp3) is 0.500. The maximum atomic E-state index is 12.7. The molecule has 0 saturated heterocycles. The lowest BCUT2D eigenvalue weighted by Crippen LogP contribution is -2.11. The minimum Gasteiger partial charge on any atom is -0.242 e. The van der Waals surface area contributed by atoms with Gasteiger partial charge in [0.25, 0.3) is 0 Å². The Morgan fingerprint density at radius 1 is 1.70 bits per heavy atom. The Bertz CT molecular complexity index is 172. The zero-order valence-electron chi connectivity index (χ0n) is 5.85. The summed E-state index contributed by atoms with van der Waals surface area (Å²) >= 11 is 5.55. The first-order valence-electron chi connectivity index (χ1n) is 3.33. The van der Waals surface area contributed by atoms with Crippen LogP contribution >= 0.6 is 11.6 Å². The molecule has 0 N–H and O–H groups in total. The molecule has 0 amide bonds. The van der Waals surface area contributed by atoms with Gasteiger partial charge in [-0.05, 0) is 11.6 Å². The van der Waals surface area contributed by atoms with Crippen LogP contribution in [0.5, 0.6) is 0 Å². The lowest BCUT2D eigenvalue weighted by atomic mass is 9.97. The molecule has 2 atom stereocenters. The molecule has 0 aliphatic heterocycles. The molecule has 2 unspecified atom stereocenters. The molecule has 1 aliphatic rings. The van der Waals surface area contributed by atoms with Gasteiger partial charge in [0.05, 0.1) is 0 Å². The van der Waals surface area contributed by atoms with Gasteiger partial charge in [-0.25, -0.2) is 4.39 Å². The van der Waals surface area contributed by atoms with E-state index < -0.39 is 6.17 Å². The molecule has 0 aromatic rings. The first-order chi connectivity index (χ1) is 4.74. The number of hydrogen-bond donors (Lipinski definition) is 0. The van der Waals surface area contributed by atoms with Crippen LogP contribution in [0.2, 0.25) is 0 Å². The fourth-order valence-electron chi connectivity index (χ4n) is 0.965. The van der Waals surface area contributed by atoms with Gasteiger partial charge >= 0.3 is 0 Å². The molecule has 0 bridgehead atoms. The van der Waals surface area contributed by atoms with Gasteiger partial charge in [-0.1, -0.05) is 19.1 Å². The molecular formula is C8H10ClF. The number of rotatable bonds is 1. The second kappa shape index (κ2) is 3.20. The lowest BCUT2D eigenvalue weighted by molar-refractivity contribution is 0.333. The van der Waals surface area contributed by atoms with Crippen LogP contribution in [0, 0.1) is 5.92 Å². The van der Waals surface area contributed by atoms with Crippen LogP contribution in [0.25, 0.3) is 0 Å². The highest BCUT2D eigenvalue weighted by Crippen LogP contribution is 2.19. The van der Waals surface area contributed by atoms with Crippen LogP contribution in [-0.4, -0.2) is 12.1 Å². The second-order valence-electron chi connectivity index (χ2n) is 2.54. The number of hydrogen-bond acceptors (Lipinski definition) is 0. The fourth-order valence-corrected chi connectivity index (χ4v) is 1.14. The molecule has 1 aliphatic carbocycles. The van der Waals surface area contributed by atoms with E-state index in [0.717, 1.165) is 5.57 Å². The second-order valence-corrected chi connectivity index (χ2v) is 2.81. The third-order valence-electron chi connectivity index (χ3n) is 1.63. The van der Waals surface area contributed by atoms with Crippen molar-refractivity contribution in [1.82, 2.24) is 0 Å². The first-order valence-corrected chi connectivity index (χ1v) is 3.86. The van der Waals surface area contributed by atoms with E-state index >= 15 is 0 Å². The average molecular weight is 161 g/mol. The van der Waals surface area contributed by atoms with Gasteiger partial charge in [0.1, 0.15) is 6.17 Å². The van der Waals surface area contributed by atoms with E-state index in [4.69, 9.17) is 11.6 Å². The van der Waals surface area contributed by atoms with Crippen molar-refractivity contribution in [3.05, 3.63) is 23.8 Å². The van der Waals surface area contributed by atoms with E-state index in [-0.39, 0.29) is 5.92 Å². The van der Waals surface area contributed by atoms with E-state index in [1.165, 1.54) is 0 Å². The standard InChI is InChI=1S/C8H10ClF/c1-6-4-7(5-9)2-3-8(6)10/h2-4,6,8H,5H2,1H3. The molecule has 1 rings (SSSR count). The third-order valence-corrected chi connectivity index (χ3v) is 1.94. The average Bonchev–Trinajstić information content (AvgIpc) is 1.95. The molecule has 0 nitrogen and oxygen atoms in total. The van der Waals surface area contributed by atoms with Crippen LogP contribution in [0.15, 0.2) is 23.8 Å². The minimum atomic E-state index is -0.827. The Balaban J connectivity index is 2.66. The van der Waals surface area contributed by atoms with Gasteiger partial charge in [0.15, 0.2) is 0 Å². The van der Waals surface area contributed by atoms with E-state index in [1.807, 2.05) is 13.0 Å². The topological polar surface area (TPSA) is 0 Å². The van der Waals surface area contributed by atoms with Crippen molar-refractivity contribution in [3.8, 4) is 0 Å². The molecule has 0 radical (unpaired) electrons. The Labute approximate surface area is 65.4 Å². The summed E-state index contributed by atoms with van der Waals surface area (Å²) in [6.45, 7) is 1.85. The highest BCUT2D eigenvalue weighted by atomic mass is 35.5. The van der Waals surface area contributed by atoms with Gasteiger partial charge in [-0.2, -0.15) is 0 Å². The maximum Gasteiger partial charge on any atom is 0.125 e. The summed E-state index contributed by atoms with van der Waals surface area (Å²) in [5.74, 6) is 0.465. The minimum absolute atomic E-state index is 0.0150. The predicted molar refractivity (Wildman–Crippen MR) is 42.0 cm³/mol. The monoisotopic (exact) mass is 160 g/mol. The summed E-state index contributed by atoms with van der Waals surface area (Å²) in [5, 5.41) is 0. The lowest BCUT2D eigenvalue weighted by Gasteiger charge is -2.14. The summed E-state index contributed by atoms with van der Waals surface area (Å²) < 4.78 is 12.7. The van der Waals surface area contributed by atoms with Crippen molar-refractivity contribution in [2.24, 2.45) is 5.92 Å². The van der Waals surface area contributed by atoms with Crippen molar-refractivity contribution in [2.75, 3.05) is 5.88 Å². The van der Waals surface area contributed by atoms with Gasteiger partial charge in [-0.15, -0.1) is 11.6 Å². The summed E-state index contributed by atoms with van der Waals surface area (Å²) in [7, 11) is 0. The van der Waals surface area contributed by atoms with Crippen molar-refractivity contribution in [1.29, 1.82) is 0 Å². The Morgan fingerprint density at radius 3 is 2.90 bits per heavy atom. The smallest absolute Gasteiger partial charge is 0.125 e. The molecule has 2 heteroatoms. The molecule has 0 saturated carbocycles. The van der Waals surface area contributed by atoms with Crippen LogP contribution in [-0.2, 0) is 0 Å². The zero-order valence-corrected chi connectivity index (χ0v) is 6.61. The Kier molecular flexibility index (Phi) is 2.50. The van der Waals surface area contributed by atoms with Crippen molar-refractivity contribution < 1.29 is 4.39 Å². The van der Waals surface area contributed by atoms with E-state index in [9.17, 15) is 4.39 Å².